The SMILES string of the molecule is OCCCN1CCC[C@H](O)C1. The van der Waals surface area contributed by atoms with Crippen molar-refractivity contribution in [3.8, 4) is 0 Å². The summed E-state index contributed by atoms with van der Waals surface area (Å²) in [7, 11) is 0. The summed E-state index contributed by atoms with van der Waals surface area (Å²) >= 11 is 0. The molecule has 1 aliphatic rings. The van der Waals surface area contributed by atoms with Crippen molar-refractivity contribution in [1.82, 2.24) is 4.90 Å². The van der Waals surface area contributed by atoms with Crippen molar-refractivity contribution in [2.45, 2.75) is 25.4 Å². The summed E-state index contributed by atoms with van der Waals surface area (Å²) in [5.41, 5.74) is 0. The molecule has 1 saturated heterocycles. The van der Waals surface area contributed by atoms with Gasteiger partial charge in [-0.1, -0.05) is 0 Å². The predicted molar refractivity (Wildman–Crippen MR) is 43.4 cm³/mol. The molecule has 1 fully saturated rings. The zero-order valence-corrected chi connectivity index (χ0v) is 6.87. The lowest BCUT2D eigenvalue weighted by atomic mass is 10.1. The average molecular weight is 159 g/mol. The molecule has 0 saturated carbocycles. The van der Waals surface area contributed by atoms with Crippen LogP contribution in [-0.4, -0.2) is 47.5 Å². The molecule has 1 rings (SSSR count). The van der Waals surface area contributed by atoms with Gasteiger partial charge in [-0.15, -0.1) is 0 Å². The van der Waals surface area contributed by atoms with Gasteiger partial charge in [0.1, 0.15) is 0 Å². The highest BCUT2D eigenvalue weighted by Crippen LogP contribution is 2.09. The van der Waals surface area contributed by atoms with E-state index in [1.807, 2.05) is 0 Å². The summed E-state index contributed by atoms with van der Waals surface area (Å²) in [5.74, 6) is 0. The van der Waals surface area contributed by atoms with Gasteiger partial charge >= 0.3 is 0 Å². The fourth-order valence-corrected chi connectivity index (χ4v) is 1.53. The molecule has 3 nitrogen and oxygen atoms in total. The lowest BCUT2D eigenvalue weighted by molar-refractivity contribution is 0.0672. The van der Waals surface area contributed by atoms with E-state index in [1.54, 1.807) is 0 Å². The Morgan fingerprint density at radius 3 is 2.91 bits per heavy atom. The van der Waals surface area contributed by atoms with Gasteiger partial charge in [-0.3, -0.25) is 0 Å². The maximum absolute atomic E-state index is 9.27. The van der Waals surface area contributed by atoms with E-state index in [4.69, 9.17) is 5.11 Å². The smallest absolute Gasteiger partial charge is 0.0667 e. The van der Waals surface area contributed by atoms with Crippen molar-refractivity contribution in [2.75, 3.05) is 26.2 Å². The van der Waals surface area contributed by atoms with Crippen LogP contribution >= 0.6 is 0 Å². The topological polar surface area (TPSA) is 43.7 Å². The molecule has 0 aromatic carbocycles. The average Bonchev–Trinajstić information content (AvgIpc) is 2.01. The maximum Gasteiger partial charge on any atom is 0.0667 e. The molecule has 66 valence electrons. The van der Waals surface area contributed by atoms with Crippen LogP contribution in [0, 0.1) is 0 Å². The van der Waals surface area contributed by atoms with Crippen LogP contribution in [0.25, 0.3) is 0 Å². The van der Waals surface area contributed by atoms with Crippen LogP contribution in [0.2, 0.25) is 0 Å². The Labute approximate surface area is 67.6 Å². The van der Waals surface area contributed by atoms with Crippen molar-refractivity contribution in [1.29, 1.82) is 0 Å². The number of nitrogens with zero attached hydrogens (tertiary/aromatic N) is 1. The number of hydrogen-bond acceptors (Lipinski definition) is 3. The van der Waals surface area contributed by atoms with Gasteiger partial charge in [-0.25, -0.2) is 0 Å². The second-order valence-electron chi connectivity index (χ2n) is 3.17. The Kier molecular flexibility index (Phi) is 3.83. The molecule has 1 heterocycles. The summed E-state index contributed by atoms with van der Waals surface area (Å²) in [5, 5.41) is 17.8. The molecule has 0 radical (unpaired) electrons. The fourth-order valence-electron chi connectivity index (χ4n) is 1.53. The second-order valence-corrected chi connectivity index (χ2v) is 3.17. The van der Waals surface area contributed by atoms with Gasteiger partial charge in [0.2, 0.25) is 0 Å². The lowest BCUT2D eigenvalue weighted by Gasteiger charge is -2.29. The van der Waals surface area contributed by atoms with Crippen LogP contribution < -0.4 is 0 Å². The number of hydrogen-bond donors (Lipinski definition) is 2. The minimum absolute atomic E-state index is 0.137. The molecule has 1 aliphatic heterocycles. The van der Waals surface area contributed by atoms with E-state index < -0.39 is 0 Å². The first-order valence-electron chi connectivity index (χ1n) is 4.34. The van der Waals surface area contributed by atoms with E-state index in [0.717, 1.165) is 38.9 Å². The third-order valence-corrected chi connectivity index (χ3v) is 2.11. The monoisotopic (exact) mass is 159 g/mol. The fraction of sp³-hybridized carbons (Fsp3) is 1.00. The molecule has 0 amide bonds. The van der Waals surface area contributed by atoms with Gasteiger partial charge in [0.15, 0.2) is 0 Å². The third-order valence-electron chi connectivity index (χ3n) is 2.11. The Balaban J connectivity index is 2.12. The van der Waals surface area contributed by atoms with E-state index in [2.05, 4.69) is 4.90 Å². The van der Waals surface area contributed by atoms with Crippen molar-refractivity contribution in [2.24, 2.45) is 0 Å². The molecule has 2 N–H and O–H groups in total. The number of aliphatic hydroxyl groups excluding tert-OH is 2. The number of β-amino-alcohol motifs (C(OH)–C–C–N with tert-alkyl or cyclic N) is 1. The number of likely N-dealkylation sites (tertiary alicyclic amines) is 1. The van der Waals surface area contributed by atoms with Crippen LogP contribution in [0.4, 0.5) is 0 Å². The number of rotatable bonds is 3. The molecule has 0 bridgehead atoms. The summed E-state index contributed by atoms with van der Waals surface area (Å²) < 4.78 is 0. The van der Waals surface area contributed by atoms with Crippen LogP contribution in [0.15, 0.2) is 0 Å². The summed E-state index contributed by atoms with van der Waals surface area (Å²) in [4.78, 5) is 2.21. The highest BCUT2D eigenvalue weighted by atomic mass is 16.3. The van der Waals surface area contributed by atoms with Crippen LogP contribution in [0.1, 0.15) is 19.3 Å². The quantitative estimate of drug-likeness (QED) is 0.600. The maximum atomic E-state index is 9.27. The van der Waals surface area contributed by atoms with Crippen LogP contribution in [-0.2, 0) is 0 Å². The van der Waals surface area contributed by atoms with E-state index in [1.165, 1.54) is 0 Å². The van der Waals surface area contributed by atoms with Crippen LogP contribution in [0.3, 0.4) is 0 Å². The lowest BCUT2D eigenvalue weighted by Crippen LogP contribution is -2.38. The van der Waals surface area contributed by atoms with E-state index in [9.17, 15) is 5.11 Å². The third kappa shape index (κ3) is 3.18. The minimum Gasteiger partial charge on any atom is -0.396 e. The van der Waals surface area contributed by atoms with Gasteiger partial charge in [-0.2, -0.15) is 0 Å². The Hall–Kier alpha value is -0.120. The molecule has 1 atom stereocenters. The van der Waals surface area contributed by atoms with Crippen molar-refractivity contribution in [3.05, 3.63) is 0 Å². The molecule has 3 heteroatoms. The zero-order chi connectivity index (χ0) is 8.10. The van der Waals surface area contributed by atoms with Gasteiger partial charge in [0.05, 0.1) is 6.10 Å². The van der Waals surface area contributed by atoms with Crippen molar-refractivity contribution < 1.29 is 10.2 Å². The molecule has 0 aromatic heterocycles. The largest absolute Gasteiger partial charge is 0.396 e. The number of aliphatic hydroxyl groups is 2. The van der Waals surface area contributed by atoms with E-state index in [-0.39, 0.29) is 12.7 Å². The van der Waals surface area contributed by atoms with Crippen molar-refractivity contribution in [3.63, 3.8) is 0 Å². The first kappa shape index (κ1) is 8.97. The summed E-state index contributed by atoms with van der Waals surface area (Å²) in [6.45, 7) is 3.05. The molecule has 0 aromatic rings. The zero-order valence-electron chi connectivity index (χ0n) is 6.87. The van der Waals surface area contributed by atoms with Gasteiger partial charge < -0.3 is 15.1 Å². The first-order chi connectivity index (χ1) is 5.33. The van der Waals surface area contributed by atoms with Gasteiger partial charge in [0, 0.05) is 19.7 Å². The standard InChI is InChI=1S/C8H17NO2/c10-6-2-5-9-4-1-3-8(11)7-9/h8,10-11H,1-7H2/t8-/m0/s1. The minimum atomic E-state index is -0.137. The Morgan fingerprint density at radius 2 is 2.27 bits per heavy atom. The Morgan fingerprint density at radius 1 is 1.45 bits per heavy atom. The molecule has 0 unspecified atom stereocenters. The summed E-state index contributed by atoms with van der Waals surface area (Å²) in [6, 6.07) is 0. The van der Waals surface area contributed by atoms with E-state index >= 15 is 0 Å². The normalized spacial score (nSPS) is 27.3. The van der Waals surface area contributed by atoms with Crippen LogP contribution in [0.5, 0.6) is 0 Å². The summed E-state index contributed by atoms with van der Waals surface area (Å²) in [6.07, 6.45) is 2.72. The van der Waals surface area contributed by atoms with Crippen molar-refractivity contribution >= 4 is 0 Å². The molecule has 11 heavy (non-hydrogen) atoms. The Bertz CT molecular complexity index is 108. The molecular formula is C8H17NO2. The molecule has 0 spiro atoms. The highest BCUT2D eigenvalue weighted by molar-refractivity contribution is 4.71. The molecular weight excluding hydrogens is 142 g/mol. The first-order valence-corrected chi connectivity index (χ1v) is 4.34. The van der Waals surface area contributed by atoms with E-state index in [0.29, 0.717) is 0 Å². The molecule has 0 aliphatic carbocycles. The van der Waals surface area contributed by atoms with Gasteiger partial charge in [-0.05, 0) is 25.8 Å². The highest BCUT2D eigenvalue weighted by Gasteiger charge is 2.16. The second kappa shape index (κ2) is 4.70. The van der Waals surface area contributed by atoms with Gasteiger partial charge in [0.25, 0.3) is 0 Å². The predicted octanol–water partition coefficient (Wildman–Crippen LogP) is -0.175. The number of piperidine rings is 1.